The Morgan fingerprint density at radius 2 is 1.65 bits per heavy atom. The van der Waals surface area contributed by atoms with Gasteiger partial charge in [-0.3, -0.25) is 4.79 Å². The molecule has 0 atom stereocenters. The summed E-state index contributed by atoms with van der Waals surface area (Å²) in [6, 6.07) is 10.4. The molecule has 0 N–H and O–H groups in total. The highest BCUT2D eigenvalue weighted by Gasteiger charge is 2.25. The summed E-state index contributed by atoms with van der Waals surface area (Å²) >= 11 is 1.69. The van der Waals surface area contributed by atoms with Crippen LogP contribution in [-0.2, 0) is 10.0 Å². The van der Waals surface area contributed by atoms with Gasteiger partial charge in [0.25, 0.3) is 5.91 Å². The molecule has 9 heteroatoms. The molecular formula is C22H26N4O3S2. The first-order valence-corrected chi connectivity index (χ1v) is 12.4. The maximum atomic E-state index is 12.9. The van der Waals surface area contributed by atoms with E-state index < -0.39 is 10.0 Å². The molecule has 1 saturated heterocycles. The molecule has 0 saturated carbocycles. The predicted molar refractivity (Wildman–Crippen MR) is 125 cm³/mol. The fourth-order valence-electron chi connectivity index (χ4n) is 3.61. The Labute approximate surface area is 187 Å². The zero-order valence-corrected chi connectivity index (χ0v) is 19.8. The molecule has 1 aliphatic heterocycles. The molecule has 0 bridgehead atoms. The second-order valence-corrected chi connectivity index (χ2v) is 11.1. The van der Waals surface area contributed by atoms with Gasteiger partial charge >= 0.3 is 0 Å². The Bertz CT molecular complexity index is 1230. The summed E-state index contributed by atoms with van der Waals surface area (Å²) in [5, 5.41) is 0.994. The molecule has 7 nitrogen and oxygen atoms in total. The van der Waals surface area contributed by atoms with Gasteiger partial charge in [0.2, 0.25) is 10.0 Å². The molecule has 2 heterocycles. The van der Waals surface area contributed by atoms with Crippen LogP contribution in [0.15, 0.2) is 41.3 Å². The van der Waals surface area contributed by atoms with Crippen molar-refractivity contribution in [1.29, 1.82) is 0 Å². The van der Waals surface area contributed by atoms with Gasteiger partial charge in [-0.1, -0.05) is 17.4 Å². The van der Waals surface area contributed by atoms with E-state index in [4.69, 9.17) is 4.98 Å². The van der Waals surface area contributed by atoms with Crippen LogP contribution >= 0.6 is 11.3 Å². The topological polar surface area (TPSA) is 73.8 Å². The molecule has 1 fully saturated rings. The molecule has 4 rings (SSSR count). The normalized spacial score (nSPS) is 15.1. The second-order valence-electron chi connectivity index (χ2n) is 7.94. The first kappa shape index (κ1) is 21.7. The lowest BCUT2D eigenvalue weighted by Crippen LogP contribution is -2.48. The number of thiazole rings is 1. The van der Waals surface area contributed by atoms with Gasteiger partial charge in [0.05, 0.1) is 15.1 Å². The average Bonchev–Trinajstić information content (AvgIpc) is 3.21. The van der Waals surface area contributed by atoms with E-state index >= 15 is 0 Å². The highest BCUT2D eigenvalue weighted by molar-refractivity contribution is 7.89. The molecule has 0 unspecified atom stereocenters. The van der Waals surface area contributed by atoms with Crippen molar-refractivity contribution in [3.05, 3.63) is 53.1 Å². The number of amides is 1. The molecule has 1 amide bonds. The Balaban J connectivity index is 1.44. The van der Waals surface area contributed by atoms with Crippen molar-refractivity contribution in [2.75, 3.05) is 45.2 Å². The van der Waals surface area contributed by atoms with E-state index in [0.717, 1.165) is 28.0 Å². The minimum atomic E-state index is -3.50. The molecule has 1 aliphatic rings. The van der Waals surface area contributed by atoms with Gasteiger partial charge < -0.3 is 9.80 Å². The smallest absolute Gasteiger partial charge is 0.253 e. The number of sulfonamides is 1. The van der Waals surface area contributed by atoms with Gasteiger partial charge in [0, 0.05) is 45.8 Å². The maximum absolute atomic E-state index is 12.9. The second kappa shape index (κ2) is 8.22. The lowest BCUT2D eigenvalue weighted by atomic mass is 10.1. The van der Waals surface area contributed by atoms with Gasteiger partial charge in [0.15, 0.2) is 5.13 Å². The Hall–Kier alpha value is -2.49. The van der Waals surface area contributed by atoms with Gasteiger partial charge in [-0.15, -0.1) is 0 Å². The number of anilines is 1. The number of benzene rings is 2. The standard InChI is InChI=1S/C22H26N4O3S2/c1-15-5-10-19-20(16(15)2)23-22(30-19)26-13-11-25(12-14-26)21(27)17-6-8-18(9-7-17)31(28,29)24(3)4/h5-10H,11-14H2,1-4H3. The summed E-state index contributed by atoms with van der Waals surface area (Å²) in [4.78, 5) is 22.0. The summed E-state index contributed by atoms with van der Waals surface area (Å²) in [7, 11) is -0.527. The first-order valence-electron chi connectivity index (χ1n) is 10.1. The van der Waals surface area contributed by atoms with Gasteiger partial charge in [-0.2, -0.15) is 0 Å². The summed E-state index contributed by atoms with van der Waals surface area (Å²) in [5.74, 6) is -0.0794. The molecule has 0 radical (unpaired) electrons. The van der Waals surface area contributed by atoms with Crippen LogP contribution in [0.2, 0.25) is 0 Å². The van der Waals surface area contributed by atoms with Gasteiger partial charge in [0.1, 0.15) is 0 Å². The highest BCUT2D eigenvalue weighted by Crippen LogP contribution is 2.32. The van der Waals surface area contributed by atoms with Crippen LogP contribution in [-0.4, -0.2) is 68.8 Å². The largest absolute Gasteiger partial charge is 0.345 e. The number of hydrogen-bond acceptors (Lipinski definition) is 6. The van der Waals surface area contributed by atoms with Gasteiger partial charge in [-0.25, -0.2) is 17.7 Å². The zero-order valence-electron chi connectivity index (χ0n) is 18.1. The van der Waals surface area contributed by atoms with Gasteiger partial charge in [-0.05, 0) is 55.3 Å². The van der Waals surface area contributed by atoms with Crippen LogP contribution in [0.4, 0.5) is 5.13 Å². The zero-order chi connectivity index (χ0) is 22.3. The summed E-state index contributed by atoms with van der Waals surface area (Å²) in [5.41, 5.74) is 4.02. The lowest BCUT2D eigenvalue weighted by molar-refractivity contribution is 0.0746. The predicted octanol–water partition coefficient (Wildman–Crippen LogP) is 3.13. The van der Waals surface area contributed by atoms with E-state index in [1.807, 2.05) is 4.90 Å². The number of rotatable bonds is 4. The fraction of sp³-hybridized carbons (Fsp3) is 0.364. The number of aromatic nitrogens is 1. The van der Waals surface area contributed by atoms with E-state index in [0.29, 0.717) is 18.7 Å². The third-order valence-electron chi connectivity index (χ3n) is 5.79. The molecule has 31 heavy (non-hydrogen) atoms. The SMILES string of the molecule is Cc1ccc2sc(N3CCN(C(=O)c4ccc(S(=O)(=O)N(C)C)cc4)CC3)nc2c1C. The fourth-order valence-corrected chi connectivity index (χ4v) is 5.59. The number of aryl methyl sites for hydroxylation is 2. The Morgan fingerprint density at radius 3 is 2.26 bits per heavy atom. The number of piperazine rings is 1. The quantitative estimate of drug-likeness (QED) is 0.601. The van der Waals surface area contributed by atoms with Crippen molar-refractivity contribution in [2.45, 2.75) is 18.7 Å². The van der Waals surface area contributed by atoms with E-state index in [1.165, 1.54) is 42.1 Å². The summed E-state index contributed by atoms with van der Waals surface area (Å²) < 4.78 is 26.8. The molecule has 0 spiro atoms. The van der Waals surface area contributed by atoms with Crippen molar-refractivity contribution in [3.63, 3.8) is 0 Å². The van der Waals surface area contributed by atoms with Crippen molar-refractivity contribution in [3.8, 4) is 0 Å². The minimum Gasteiger partial charge on any atom is -0.345 e. The third-order valence-corrected chi connectivity index (χ3v) is 8.70. The van der Waals surface area contributed by atoms with Crippen molar-refractivity contribution in [1.82, 2.24) is 14.2 Å². The molecule has 164 valence electrons. The molecule has 0 aliphatic carbocycles. The van der Waals surface area contributed by atoms with E-state index in [-0.39, 0.29) is 10.8 Å². The van der Waals surface area contributed by atoms with Crippen LogP contribution in [0.3, 0.4) is 0 Å². The molecule has 3 aromatic rings. The number of hydrogen-bond donors (Lipinski definition) is 0. The lowest BCUT2D eigenvalue weighted by Gasteiger charge is -2.34. The van der Waals surface area contributed by atoms with E-state index in [9.17, 15) is 13.2 Å². The van der Waals surface area contributed by atoms with Crippen LogP contribution in [0, 0.1) is 13.8 Å². The van der Waals surface area contributed by atoms with E-state index in [1.54, 1.807) is 23.5 Å². The van der Waals surface area contributed by atoms with Crippen molar-refractivity contribution in [2.24, 2.45) is 0 Å². The van der Waals surface area contributed by atoms with Crippen molar-refractivity contribution < 1.29 is 13.2 Å². The Morgan fingerprint density at radius 1 is 1.00 bits per heavy atom. The highest BCUT2D eigenvalue weighted by atomic mass is 32.2. The average molecular weight is 459 g/mol. The summed E-state index contributed by atoms with van der Waals surface area (Å²) in [6.45, 7) is 6.84. The molecule has 2 aromatic carbocycles. The summed E-state index contributed by atoms with van der Waals surface area (Å²) in [6.07, 6.45) is 0. The monoisotopic (exact) mass is 458 g/mol. The molecular weight excluding hydrogens is 432 g/mol. The number of nitrogens with zero attached hydrogens (tertiary/aromatic N) is 4. The minimum absolute atomic E-state index is 0.0794. The third kappa shape index (κ3) is 4.05. The van der Waals surface area contributed by atoms with Crippen LogP contribution in [0.5, 0.6) is 0 Å². The van der Waals surface area contributed by atoms with Crippen LogP contribution in [0.1, 0.15) is 21.5 Å². The van der Waals surface area contributed by atoms with Crippen LogP contribution < -0.4 is 4.90 Å². The number of carbonyl (C=O) groups is 1. The first-order chi connectivity index (χ1) is 14.7. The Kier molecular flexibility index (Phi) is 5.76. The van der Waals surface area contributed by atoms with Crippen molar-refractivity contribution >= 4 is 42.6 Å². The number of carbonyl (C=O) groups excluding carboxylic acids is 1. The molecule has 1 aromatic heterocycles. The number of fused-ring (bicyclic) bond motifs is 1. The maximum Gasteiger partial charge on any atom is 0.253 e. The van der Waals surface area contributed by atoms with Crippen LogP contribution in [0.25, 0.3) is 10.2 Å². The van der Waals surface area contributed by atoms with E-state index in [2.05, 4.69) is 30.9 Å².